The molecule has 0 fully saturated rings. The standard InChI is InChI=1S/C17H24N4O3S/c1-4-12(5-2)20-17(22)21-13-6-7-14(11(8-13)10-23-3)24-15-9-19-16(18)25-15/h6-9,12H,4-5,10H2,1-3H3,(H2,18,19)(H2,20,21,22). The molecule has 136 valence electrons. The molecule has 2 rings (SSSR count). The molecule has 0 saturated heterocycles. The number of carbonyl (C=O) groups excluding carboxylic acids is 1. The van der Waals surface area contributed by atoms with E-state index in [9.17, 15) is 4.79 Å². The normalized spacial score (nSPS) is 10.7. The Morgan fingerprint density at radius 2 is 2.12 bits per heavy atom. The van der Waals surface area contributed by atoms with Crippen LogP contribution in [0.5, 0.6) is 10.8 Å². The van der Waals surface area contributed by atoms with E-state index < -0.39 is 0 Å². The summed E-state index contributed by atoms with van der Waals surface area (Å²) in [7, 11) is 1.61. The van der Waals surface area contributed by atoms with Gasteiger partial charge in [0.2, 0.25) is 5.06 Å². The molecule has 7 nitrogen and oxygen atoms in total. The molecular weight excluding hydrogens is 340 g/mol. The number of ether oxygens (including phenoxy) is 2. The second-order valence-electron chi connectivity index (χ2n) is 5.49. The van der Waals surface area contributed by atoms with Gasteiger partial charge in [-0.05, 0) is 31.0 Å². The van der Waals surface area contributed by atoms with Crippen molar-refractivity contribution in [3.05, 3.63) is 30.0 Å². The van der Waals surface area contributed by atoms with Gasteiger partial charge in [-0.25, -0.2) is 9.78 Å². The highest BCUT2D eigenvalue weighted by atomic mass is 32.1. The number of nitrogen functional groups attached to an aromatic ring is 1. The maximum Gasteiger partial charge on any atom is 0.319 e. The summed E-state index contributed by atoms with van der Waals surface area (Å²) in [4.78, 5) is 16.0. The van der Waals surface area contributed by atoms with Gasteiger partial charge in [0.15, 0.2) is 5.13 Å². The minimum absolute atomic E-state index is 0.165. The molecule has 0 unspecified atom stereocenters. The molecule has 0 bridgehead atoms. The Labute approximate surface area is 151 Å². The van der Waals surface area contributed by atoms with Crippen molar-refractivity contribution in [2.45, 2.75) is 39.3 Å². The number of rotatable bonds is 8. The number of thiazole rings is 1. The molecule has 0 aliphatic rings. The van der Waals surface area contributed by atoms with Gasteiger partial charge in [-0.1, -0.05) is 25.2 Å². The summed E-state index contributed by atoms with van der Waals surface area (Å²) in [6.07, 6.45) is 3.36. The van der Waals surface area contributed by atoms with Gasteiger partial charge >= 0.3 is 6.03 Å². The molecule has 0 aliphatic heterocycles. The largest absolute Gasteiger partial charge is 0.445 e. The van der Waals surface area contributed by atoms with Crippen LogP contribution in [0.2, 0.25) is 0 Å². The number of aromatic nitrogens is 1. The number of nitrogens with two attached hydrogens (primary N) is 1. The Morgan fingerprint density at radius 3 is 2.72 bits per heavy atom. The van der Waals surface area contributed by atoms with Gasteiger partial charge in [0, 0.05) is 24.4 Å². The number of benzene rings is 1. The average Bonchev–Trinajstić information content (AvgIpc) is 3.00. The van der Waals surface area contributed by atoms with E-state index in [1.807, 2.05) is 19.9 Å². The summed E-state index contributed by atoms with van der Waals surface area (Å²) < 4.78 is 11.0. The first-order valence-electron chi connectivity index (χ1n) is 8.14. The number of hydrogen-bond acceptors (Lipinski definition) is 6. The van der Waals surface area contributed by atoms with Crippen LogP contribution in [0.15, 0.2) is 24.4 Å². The predicted octanol–water partition coefficient (Wildman–Crippen LogP) is 3.97. The lowest BCUT2D eigenvalue weighted by Crippen LogP contribution is -2.37. The van der Waals surface area contributed by atoms with Crippen LogP contribution in [0, 0.1) is 0 Å². The summed E-state index contributed by atoms with van der Waals surface area (Å²) in [6.45, 7) is 4.44. The van der Waals surface area contributed by atoms with E-state index in [0.29, 0.717) is 28.2 Å². The van der Waals surface area contributed by atoms with Crippen LogP contribution < -0.4 is 21.1 Å². The maximum absolute atomic E-state index is 12.1. The van der Waals surface area contributed by atoms with Crippen molar-refractivity contribution in [1.82, 2.24) is 10.3 Å². The van der Waals surface area contributed by atoms with Gasteiger partial charge in [0.1, 0.15) is 5.75 Å². The zero-order valence-corrected chi connectivity index (χ0v) is 15.5. The number of methoxy groups -OCH3 is 1. The number of carbonyl (C=O) groups is 1. The molecule has 4 N–H and O–H groups in total. The summed E-state index contributed by atoms with van der Waals surface area (Å²) in [5, 5.41) is 6.83. The van der Waals surface area contributed by atoms with Crippen LogP contribution in [0.3, 0.4) is 0 Å². The Morgan fingerprint density at radius 1 is 1.36 bits per heavy atom. The molecule has 1 aromatic heterocycles. The first-order chi connectivity index (χ1) is 12.0. The van der Waals surface area contributed by atoms with E-state index in [2.05, 4.69) is 15.6 Å². The number of nitrogens with zero attached hydrogens (tertiary/aromatic N) is 1. The Hall–Kier alpha value is -2.32. The minimum Gasteiger partial charge on any atom is -0.445 e. The highest BCUT2D eigenvalue weighted by molar-refractivity contribution is 7.17. The summed E-state index contributed by atoms with van der Waals surface area (Å²) in [6, 6.07) is 5.34. The van der Waals surface area contributed by atoms with Crippen molar-refractivity contribution in [3.63, 3.8) is 0 Å². The van der Waals surface area contributed by atoms with E-state index in [0.717, 1.165) is 18.4 Å². The van der Waals surface area contributed by atoms with Crippen LogP contribution >= 0.6 is 11.3 Å². The van der Waals surface area contributed by atoms with E-state index in [1.165, 1.54) is 11.3 Å². The fourth-order valence-corrected chi connectivity index (χ4v) is 2.85. The van der Waals surface area contributed by atoms with Crippen LogP contribution in [-0.2, 0) is 11.3 Å². The first kappa shape index (κ1) is 19.0. The van der Waals surface area contributed by atoms with Gasteiger partial charge in [-0.2, -0.15) is 0 Å². The SMILES string of the molecule is CCC(CC)NC(=O)Nc1ccc(Oc2cnc(N)s2)c(COC)c1. The summed E-state index contributed by atoms with van der Waals surface area (Å²) in [5.74, 6) is 0.636. The lowest BCUT2D eigenvalue weighted by Gasteiger charge is -2.16. The Bertz CT molecular complexity index is 701. The predicted molar refractivity (Wildman–Crippen MR) is 100 cm³/mol. The number of amides is 2. The van der Waals surface area contributed by atoms with Crippen molar-refractivity contribution in [2.75, 3.05) is 18.2 Å². The average molecular weight is 364 g/mol. The van der Waals surface area contributed by atoms with Gasteiger partial charge in [0.05, 0.1) is 12.8 Å². The molecule has 1 aromatic carbocycles. The molecule has 0 spiro atoms. The third-order valence-electron chi connectivity index (χ3n) is 3.65. The molecule has 0 radical (unpaired) electrons. The molecule has 2 amide bonds. The van der Waals surface area contributed by atoms with Crippen molar-refractivity contribution < 1.29 is 14.3 Å². The lowest BCUT2D eigenvalue weighted by atomic mass is 10.1. The van der Waals surface area contributed by atoms with Crippen LogP contribution in [-0.4, -0.2) is 24.2 Å². The van der Waals surface area contributed by atoms with Gasteiger partial charge in [-0.15, -0.1) is 0 Å². The van der Waals surface area contributed by atoms with Gasteiger partial charge < -0.3 is 25.8 Å². The number of anilines is 2. The van der Waals surface area contributed by atoms with E-state index >= 15 is 0 Å². The molecule has 0 saturated carbocycles. The highest BCUT2D eigenvalue weighted by Gasteiger charge is 2.12. The molecule has 1 heterocycles. The molecule has 0 atom stereocenters. The molecule has 8 heteroatoms. The third-order valence-corrected chi connectivity index (χ3v) is 4.36. The van der Waals surface area contributed by atoms with Crippen LogP contribution in [0.4, 0.5) is 15.6 Å². The van der Waals surface area contributed by atoms with Crippen LogP contribution in [0.25, 0.3) is 0 Å². The molecular formula is C17H24N4O3S. The Balaban J connectivity index is 2.10. The molecule has 25 heavy (non-hydrogen) atoms. The van der Waals surface area contributed by atoms with E-state index in [1.54, 1.807) is 25.4 Å². The van der Waals surface area contributed by atoms with Crippen molar-refractivity contribution in [3.8, 4) is 10.8 Å². The van der Waals surface area contributed by atoms with Crippen molar-refractivity contribution >= 4 is 28.2 Å². The second kappa shape index (κ2) is 9.24. The smallest absolute Gasteiger partial charge is 0.319 e. The van der Waals surface area contributed by atoms with E-state index in [-0.39, 0.29) is 12.1 Å². The number of hydrogen-bond donors (Lipinski definition) is 3. The summed E-state index contributed by atoms with van der Waals surface area (Å²) in [5.41, 5.74) is 7.11. The fourth-order valence-electron chi connectivity index (χ4n) is 2.30. The zero-order valence-electron chi connectivity index (χ0n) is 14.7. The summed E-state index contributed by atoms with van der Waals surface area (Å²) >= 11 is 1.26. The van der Waals surface area contributed by atoms with Crippen molar-refractivity contribution in [2.24, 2.45) is 0 Å². The van der Waals surface area contributed by atoms with E-state index in [4.69, 9.17) is 15.2 Å². The first-order valence-corrected chi connectivity index (χ1v) is 8.95. The Kier molecular flexibility index (Phi) is 7.03. The van der Waals surface area contributed by atoms with Gasteiger partial charge in [0.25, 0.3) is 0 Å². The third kappa shape index (κ3) is 5.61. The lowest BCUT2D eigenvalue weighted by molar-refractivity contribution is 0.182. The topological polar surface area (TPSA) is 98.5 Å². The van der Waals surface area contributed by atoms with Crippen LogP contribution in [0.1, 0.15) is 32.3 Å². The van der Waals surface area contributed by atoms with Crippen molar-refractivity contribution in [1.29, 1.82) is 0 Å². The maximum atomic E-state index is 12.1. The number of urea groups is 1. The minimum atomic E-state index is -0.221. The monoisotopic (exact) mass is 364 g/mol. The second-order valence-corrected chi connectivity index (χ2v) is 6.51. The fraction of sp³-hybridized carbons (Fsp3) is 0.412. The number of nitrogens with one attached hydrogen (secondary N) is 2. The zero-order chi connectivity index (χ0) is 18.2. The molecule has 0 aliphatic carbocycles. The quantitative estimate of drug-likeness (QED) is 0.658. The highest BCUT2D eigenvalue weighted by Crippen LogP contribution is 2.32. The van der Waals surface area contributed by atoms with Gasteiger partial charge in [-0.3, -0.25) is 0 Å². The molecule has 2 aromatic rings.